The molecule has 0 aliphatic carbocycles. The first-order valence-corrected chi connectivity index (χ1v) is 11.6. The Labute approximate surface area is 220 Å². The van der Waals surface area contributed by atoms with Crippen molar-refractivity contribution >= 4 is 28.4 Å². The summed E-state index contributed by atoms with van der Waals surface area (Å²) in [6.45, 7) is 11.8. The number of Topliss-reactive ketones (excluding diaryl/α,β-unsaturated/α-hetero) is 1. The van der Waals surface area contributed by atoms with E-state index in [1.807, 2.05) is 19.1 Å². The molecule has 2 aromatic heterocycles. The van der Waals surface area contributed by atoms with Crippen LogP contribution in [0, 0.1) is 17.7 Å². The second kappa shape index (κ2) is 10.7. The molecule has 4 rings (SSSR count). The lowest BCUT2D eigenvalue weighted by Gasteiger charge is -2.37. The van der Waals surface area contributed by atoms with Gasteiger partial charge in [0, 0.05) is 22.6 Å². The fraction of sp³-hybridized carbons (Fsp3) is 0.520. The van der Waals surface area contributed by atoms with Crippen LogP contribution in [0.4, 0.5) is 0 Å². The summed E-state index contributed by atoms with van der Waals surface area (Å²) in [6.07, 6.45) is 0. The van der Waals surface area contributed by atoms with Crippen LogP contribution in [0.2, 0.25) is 0 Å². The molecule has 1 fully saturated rings. The van der Waals surface area contributed by atoms with E-state index in [0.717, 1.165) is 11.1 Å². The lowest BCUT2D eigenvalue weighted by Crippen LogP contribution is -2.44. The van der Waals surface area contributed by atoms with Crippen molar-refractivity contribution in [3.63, 3.8) is 0 Å². The van der Waals surface area contributed by atoms with Gasteiger partial charge in [-0.3, -0.25) is 10.2 Å². The van der Waals surface area contributed by atoms with Crippen LogP contribution in [0.25, 0.3) is 5.65 Å². The van der Waals surface area contributed by atoms with Crippen LogP contribution >= 0.6 is 17.0 Å². The van der Waals surface area contributed by atoms with E-state index in [1.54, 1.807) is 12.1 Å². The molecule has 1 aliphatic heterocycles. The fourth-order valence-electron chi connectivity index (χ4n) is 3.76. The number of nitrogens with one attached hydrogen (secondary N) is 1. The fourth-order valence-corrected chi connectivity index (χ4v) is 3.76. The van der Waals surface area contributed by atoms with Gasteiger partial charge in [-0.2, -0.15) is 4.52 Å². The van der Waals surface area contributed by atoms with E-state index in [9.17, 15) is 4.79 Å². The Balaban J connectivity index is 0.00000361. The molecule has 0 amide bonds. The Kier molecular flexibility index (Phi) is 8.27. The number of hydrogen-bond donors (Lipinski definition) is 2. The van der Waals surface area contributed by atoms with E-state index in [0.29, 0.717) is 42.7 Å². The summed E-state index contributed by atoms with van der Waals surface area (Å²) in [6, 6.07) is 7.17. The van der Waals surface area contributed by atoms with Crippen molar-refractivity contribution in [2.24, 2.45) is 5.41 Å². The average molecular weight is 564 g/mol. The van der Waals surface area contributed by atoms with Crippen molar-refractivity contribution in [1.82, 2.24) is 19.4 Å². The number of aliphatic hydroxyl groups excluding tert-OH is 1. The largest absolute Gasteiger partial charge is 0.491 e. The number of halogens is 1. The predicted molar refractivity (Wildman–Crippen MR) is 138 cm³/mol. The summed E-state index contributed by atoms with van der Waals surface area (Å²) >= 11 is 0. The molecule has 10 nitrogen and oxygen atoms in total. The summed E-state index contributed by atoms with van der Waals surface area (Å²) in [5, 5.41) is 26.6. The monoisotopic (exact) mass is 563 g/mol. The maximum atomic E-state index is 13.2. The van der Waals surface area contributed by atoms with Crippen LogP contribution in [0.5, 0.6) is 11.6 Å². The van der Waals surface area contributed by atoms with Crippen molar-refractivity contribution in [1.29, 1.82) is 5.41 Å². The second-order valence-corrected chi connectivity index (χ2v) is 10.5. The highest BCUT2D eigenvalue weighted by atomic mass is 79.9. The highest BCUT2D eigenvalue weighted by Crippen LogP contribution is 2.29. The summed E-state index contributed by atoms with van der Waals surface area (Å²) in [5.41, 5.74) is 2.42. The smallest absolute Gasteiger partial charge is 0.242 e. The molecule has 0 bridgehead atoms. The molecule has 1 aliphatic rings. The first-order valence-electron chi connectivity index (χ1n) is 11.6. The lowest BCUT2D eigenvalue weighted by atomic mass is 9.85. The Hall–Kier alpha value is -2.76. The molecular formula is C25H34BrN5O5. The van der Waals surface area contributed by atoms with Gasteiger partial charge in [0.15, 0.2) is 11.4 Å². The molecule has 3 heterocycles. The Bertz CT molecular complexity index is 1310. The molecule has 0 atom stereocenters. The number of rotatable bonds is 9. The molecule has 36 heavy (non-hydrogen) atoms. The molecule has 11 heteroatoms. The molecule has 196 valence electrons. The minimum Gasteiger partial charge on any atom is -0.491 e. The standard InChI is InChI=1S/C25H33N5O5.BrH/c1-16-8-21(35-15-25(5)13-33-14-25)27-30-22(16)28-29(23(30)26)12-20(32)17-9-18(24(2,3)4)11-19(10-17)34-7-6-31;/h8-11,26,31H,6-7,12-15H2,1-5H3;1H. The zero-order chi connectivity index (χ0) is 25.4. The predicted octanol–water partition coefficient (Wildman–Crippen LogP) is 2.86. The zero-order valence-electron chi connectivity index (χ0n) is 21.3. The number of hydrogen-bond acceptors (Lipinski definition) is 8. The molecule has 3 aromatic rings. The normalized spacial score (nSPS) is 14.7. The Morgan fingerprint density at radius 3 is 2.53 bits per heavy atom. The van der Waals surface area contributed by atoms with E-state index >= 15 is 0 Å². The number of aliphatic hydroxyl groups is 1. The average Bonchev–Trinajstić information content (AvgIpc) is 3.10. The number of nitrogens with zero attached hydrogens (tertiary/aromatic N) is 4. The van der Waals surface area contributed by atoms with Crippen molar-refractivity contribution < 1.29 is 24.1 Å². The SMILES string of the molecule is Br.Cc1cc(OCC2(C)COC2)nn2c(=N)n(CC(=O)c3cc(OCCO)cc(C(C)(C)C)c3)nc12. The molecule has 1 saturated heterocycles. The van der Waals surface area contributed by atoms with Gasteiger partial charge in [-0.05, 0) is 36.1 Å². The first-order chi connectivity index (χ1) is 16.5. The third kappa shape index (κ3) is 5.96. The molecule has 0 radical (unpaired) electrons. The number of benzene rings is 1. The van der Waals surface area contributed by atoms with Crippen LogP contribution in [0.3, 0.4) is 0 Å². The highest BCUT2D eigenvalue weighted by molar-refractivity contribution is 8.93. The van der Waals surface area contributed by atoms with Crippen LogP contribution in [0.1, 0.15) is 49.2 Å². The van der Waals surface area contributed by atoms with Crippen molar-refractivity contribution in [3.8, 4) is 11.6 Å². The third-order valence-corrected chi connectivity index (χ3v) is 5.97. The Morgan fingerprint density at radius 2 is 1.92 bits per heavy atom. The highest BCUT2D eigenvalue weighted by Gasteiger charge is 2.34. The summed E-state index contributed by atoms with van der Waals surface area (Å²) in [4.78, 5) is 13.2. The van der Waals surface area contributed by atoms with Crippen molar-refractivity contribution in [2.45, 2.75) is 46.6 Å². The quantitative estimate of drug-likeness (QED) is 0.383. The maximum Gasteiger partial charge on any atom is 0.242 e. The minimum absolute atomic E-state index is 0. The van der Waals surface area contributed by atoms with Crippen molar-refractivity contribution in [2.75, 3.05) is 33.0 Å². The minimum atomic E-state index is -0.209. The number of aryl methyl sites for hydroxylation is 1. The molecule has 0 saturated carbocycles. The number of aromatic nitrogens is 4. The van der Waals surface area contributed by atoms with Gasteiger partial charge in [0.2, 0.25) is 11.5 Å². The van der Waals surface area contributed by atoms with E-state index < -0.39 is 0 Å². The molecule has 1 aromatic carbocycles. The topological polar surface area (TPSA) is 124 Å². The number of carbonyl (C=O) groups is 1. The summed E-state index contributed by atoms with van der Waals surface area (Å²) in [5.74, 6) is 0.709. The molecule has 0 unspecified atom stereocenters. The van der Waals surface area contributed by atoms with Gasteiger partial charge in [0.05, 0.1) is 26.4 Å². The van der Waals surface area contributed by atoms with Crippen LogP contribution in [0.15, 0.2) is 24.3 Å². The van der Waals surface area contributed by atoms with Crippen molar-refractivity contribution in [3.05, 3.63) is 46.6 Å². The number of carbonyl (C=O) groups excluding carboxylic acids is 1. The van der Waals surface area contributed by atoms with Gasteiger partial charge in [-0.1, -0.05) is 27.7 Å². The zero-order valence-corrected chi connectivity index (χ0v) is 23.0. The summed E-state index contributed by atoms with van der Waals surface area (Å²) in [7, 11) is 0. The van der Waals surface area contributed by atoms with E-state index in [4.69, 9.17) is 24.7 Å². The Morgan fingerprint density at radius 1 is 1.19 bits per heavy atom. The van der Waals surface area contributed by atoms with E-state index in [1.165, 1.54) is 9.20 Å². The first kappa shape index (κ1) is 27.8. The van der Waals surface area contributed by atoms with Gasteiger partial charge >= 0.3 is 0 Å². The number of ether oxygens (including phenoxy) is 3. The van der Waals surface area contributed by atoms with Gasteiger partial charge in [-0.15, -0.1) is 27.2 Å². The maximum absolute atomic E-state index is 13.2. The number of ketones is 1. The third-order valence-electron chi connectivity index (χ3n) is 5.97. The van der Waals surface area contributed by atoms with E-state index in [-0.39, 0.29) is 59.0 Å². The van der Waals surface area contributed by atoms with E-state index in [2.05, 4.69) is 37.9 Å². The molecule has 0 spiro atoms. The summed E-state index contributed by atoms with van der Waals surface area (Å²) < 4.78 is 19.5. The van der Waals surface area contributed by atoms with Gasteiger partial charge < -0.3 is 19.3 Å². The molecule has 2 N–H and O–H groups in total. The lowest BCUT2D eigenvalue weighted by molar-refractivity contribution is -0.120. The van der Waals surface area contributed by atoms with Crippen LogP contribution in [-0.2, 0) is 16.7 Å². The van der Waals surface area contributed by atoms with Crippen LogP contribution < -0.4 is 15.1 Å². The number of fused-ring (bicyclic) bond motifs is 1. The second-order valence-electron chi connectivity index (χ2n) is 10.5. The van der Waals surface area contributed by atoms with Gasteiger partial charge in [0.25, 0.3) is 0 Å². The van der Waals surface area contributed by atoms with Gasteiger partial charge in [0.1, 0.15) is 18.9 Å². The van der Waals surface area contributed by atoms with Gasteiger partial charge in [-0.25, -0.2) is 4.68 Å². The molecular weight excluding hydrogens is 530 g/mol. The van der Waals surface area contributed by atoms with Crippen LogP contribution in [-0.4, -0.2) is 63.3 Å².